The van der Waals surface area contributed by atoms with Crippen molar-refractivity contribution in [3.05, 3.63) is 44.6 Å². The second-order valence-electron chi connectivity index (χ2n) is 5.18. The molecule has 0 spiro atoms. The predicted octanol–water partition coefficient (Wildman–Crippen LogP) is 4.24. The minimum Gasteiger partial charge on any atom is -0.427 e. The van der Waals surface area contributed by atoms with E-state index in [1.165, 1.54) is 13.8 Å². The highest BCUT2D eigenvalue weighted by Crippen LogP contribution is 2.31. The van der Waals surface area contributed by atoms with Crippen LogP contribution in [0.2, 0.25) is 0 Å². The molecule has 3 aromatic rings. The second-order valence-corrected chi connectivity index (χ2v) is 7.06. The summed E-state index contributed by atoms with van der Waals surface area (Å²) in [5.74, 6) is 0.177. The maximum Gasteiger partial charge on any atom is 0.308 e. The molecule has 0 aliphatic carbocycles. The number of rotatable bonds is 3. The average molecular weight is 515 g/mol. The summed E-state index contributed by atoms with van der Waals surface area (Å²) in [7, 11) is 0. The van der Waals surface area contributed by atoms with Gasteiger partial charge in [-0.3, -0.25) is 9.59 Å². The number of hydrogen-bond acceptors (Lipinski definition) is 5. The summed E-state index contributed by atoms with van der Waals surface area (Å²) < 4.78 is 13.6. The number of fused-ring (bicyclic) bond motifs is 1. The summed E-state index contributed by atoms with van der Waals surface area (Å²) in [6.07, 6.45) is 0. The molecule has 0 aliphatic rings. The molecule has 0 atom stereocenters. The van der Waals surface area contributed by atoms with E-state index in [0.717, 1.165) is 24.8 Å². The van der Waals surface area contributed by atoms with Gasteiger partial charge in [0.2, 0.25) is 0 Å². The zero-order chi connectivity index (χ0) is 18.1. The Kier molecular flexibility index (Phi) is 5.09. The quantitative estimate of drug-likeness (QED) is 0.297. The van der Waals surface area contributed by atoms with Crippen molar-refractivity contribution in [2.45, 2.75) is 13.8 Å². The van der Waals surface area contributed by atoms with Gasteiger partial charge in [0.05, 0.1) is 11.2 Å². The molecule has 0 unspecified atom stereocenters. The van der Waals surface area contributed by atoms with Crippen LogP contribution in [0.4, 0.5) is 0 Å². The van der Waals surface area contributed by atoms with Gasteiger partial charge in [0.1, 0.15) is 15.2 Å². The van der Waals surface area contributed by atoms with E-state index in [-0.39, 0.29) is 11.9 Å². The van der Waals surface area contributed by atoms with Gasteiger partial charge in [-0.2, -0.15) is 5.10 Å². The summed E-state index contributed by atoms with van der Waals surface area (Å²) in [5.41, 5.74) is 1.57. The lowest BCUT2D eigenvalue weighted by molar-refractivity contribution is -0.132. The number of carbonyl (C=O) groups is 2. The molecule has 1 aromatic heterocycles. The molecule has 0 saturated heterocycles. The van der Waals surface area contributed by atoms with Crippen LogP contribution in [0.3, 0.4) is 0 Å². The molecule has 0 saturated carbocycles. The number of nitrogens with zero attached hydrogens (tertiary/aromatic N) is 2. The third-order valence-corrected chi connectivity index (χ3v) is 4.93. The first-order chi connectivity index (χ1) is 11.8. The molecule has 8 heteroatoms. The van der Waals surface area contributed by atoms with E-state index in [1.54, 1.807) is 35.0 Å². The Labute approximate surface area is 165 Å². The van der Waals surface area contributed by atoms with E-state index in [1.807, 2.05) is 6.07 Å². The fraction of sp³-hybridized carbons (Fsp3) is 0.118. The fourth-order valence-electron chi connectivity index (χ4n) is 2.31. The van der Waals surface area contributed by atoms with E-state index in [4.69, 9.17) is 9.47 Å². The zero-order valence-electron chi connectivity index (χ0n) is 13.2. The lowest BCUT2D eigenvalue weighted by Gasteiger charge is -2.08. The standard InChI is InChI=1S/C17H12BrIN2O4/c1-9(22)24-11-3-5-15-13(7-11)17(19)21(20-15)16-6-4-12(8-14(16)18)25-10(2)23/h3-8H,1-2H3. The smallest absolute Gasteiger partial charge is 0.308 e. The molecule has 0 aliphatic heterocycles. The third-order valence-electron chi connectivity index (χ3n) is 3.25. The number of ether oxygens (including phenoxy) is 2. The molecular formula is C17H12BrIN2O4. The summed E-state index contributed by atoms with van der Waals surface area (Å²) in [6, 6.07) is 10.5. The molecule has 1 heterocycles. The zero-order valence-corrected chi connectivity index (χ0v) is 17.0. The molecule has 0 radical (unpaired) electrons. The van der Waals surface area contributed by atoms with Gasteiger partial charge in [0.25, 0.3) is 0 Å². The van der Waals surface area contributed by atoms with Gasteiger partial charge in [-0.1, -0.05) is 0 Å². The van der Waals surface area contributed by atoms with Crippen LogP contribution in [0.5, 0.6) is 11.5 Å². The van der Waals surface area contributed by atoms with Crippen LogP contribution in [0.1, 0.15) is 13.8 Å². The summed E-state index contributed by atoms with van der Waals surface area (Å²) in [6.45, 7) is 2.71. The van der Waals surface area contributed by atoms with Crippen LogP contribution in [-0.2, 0) is 9.59 Å². The van der Waals surface area contributed by atoms with Gasteiger partial charge in [0.15, 0.2) is 0 Å². The van der Waals surface area contributed by atoms with Crippen LogP contribution >= 0.6 is 38.5 Å². The number of halogens is 2. The molecule has 0 fully saturated rings. The van der Waals surface area contributed by atoms with E-state index >= 15 is 0 Å². The van der Waals surface area contributed by atoms with Crippen molar-refractivity contribution >= 4 is 61.4 Å². The minimum atomic E-state index is -0.378. The molecule has 6 nitrogen and oxygen atoms in total. The summed E-state index contributed by atoms with van der Waals surface area (Å²) in [5, 5.41) is 5.46. The van der Waals surface area contributed by atoms with E-state index in [0.29, 0.717) is 11.5 Å². The van der Waals surface area contributed by atoms with E-state index < -0.39 is 0 Å². The molecule has 2 aromatic carbocycles. The second kappa shape index (κ2) is 7.12. The van der Waals surface area contributed by atoms with Crippen molar-refractivity contribution in [3.8, 4) is 17.2 Å². The van der Waals surface area contributed by atoms with Crippen molar-refractivity contribution in [3.63, 3.8) is 0 Å². The molecule has 0 bridgehead atoms. The van der Waals surface area contributed by atoms with Gasteiger partial charge in [0, 0.05) is 23.7 Å². The van der Waals surface area contributed by atoms with Crippen molar-refractivity contribution in [2.24, 2.45) is 0 Å². The summed E-state index contributed by atoms with van der Waals surface area (Å²) >= 11 is 5.67. The Morgan fingerprint density at radius 3 is 2.24 bits per heavy atom. The molecule has 0 N–H and O–H groups in total. The Hall–Kier alpha value is -1.94. The molecule has 0 amide bonds. The molecule has 25 heavy (non-hydrogen) atoms. The van der Waals surface area contributed by atoms with Crippen molar-refractivity contribution in [2.75, 3.05) is 0 Å². The van der Waals surface area contributed by atoms with Crippen LogP contribution in [-0.4, -0.2) is 21.7 Å². The SMILES string of the molecule is CC(=O)Oc1ccc(-n2nc3ccc(OC(C)=O)cc3c2I)c(Br)c1. The largest absolute Gasteiger partial charge is 0.427 e. The number of carbonyl (C=O) groups excluding carboxylic acids is 2. The summed E-state index contributed by atoms with van der Waals surface area (Å²) in [4.78, 5) is 22.2. The monoisotopic (exact) mass is 514 g/mol. The van der Waals surface area contributed by atoms with Gasteiger partial charge in [-0.05, 0) is 74.9 Å². The highest BCUT2D eigenvalue weighted by molar-refractivity contribution is 14.1. The predicted molar refractivity (Wildman–Crippen MR) is 104 cm³/mol. The third kappa shape index (κ3) is 3.84. The van der Waals surface area contributed by atoms with Crippen LogP contribution in [0.25, 0.3) is 16.6 Å². The van der Waals surface area contributed by atoms with E-state index in [2.05, 4.69) is 43.6 Å². The van der Waals surface area contributed by atoms with Crippen molar-refractivity contribution in [1.29, 1.82) is 0 Å². The first-order valence-electron chi connectivity index (χ1n) is 7.20. The van der Waals surface area contributed by atoms with E-state index in [9.17, 15) is 9.59 Å². The van der Waals surface area contributed by atoms with Crippen LogP contribution in [0, 0.1) is 3.70 Å². The number of aromatic nitrogens is 2. The number of esters is 2. The Balaban J connectivity index is 2.05. The lowest BCUT2D eigenvalue weighted by atomic mass is 10.2. The Bertz CT molecular complexity index is 1000. The van der Waals surface area contributed by atoms with Crippen molar-refractivity contribution in [1.82, 2.24) is 9.78 Å². The highest BCUT2D eigenvalue weighted by Gasteiger charge is 2.15. The van der Waals surface area contributed by atoms with Gasteiger partial charge in [-0.15, -0.1) is 0 Å². The fourth-order valence-corrected chi connectivity index (χ4v) is 3.64. The van der Waals surface area contributed by atoms with Crippen molar-refractivity contribution < 1.29 is 19.1 Å². The molecule has 3 rings (SSSR count). The van der Waals surface area contributed by atoms with Crippen LogP contribution in [0.15, 0.2) is 40.9 Å². The van der Waals surface area contributed by atoms with Gasteiger partial charge >= 0.3 is 11.9 Å². The van der Waals surface area contributed by atoms with Gasteiger partial charge in [-0.25, -0.2) is 4.68 Å². The maximum atomic E-state index is 11.1. The normalized spacial score (nSPS) is 10.7. The number of hydrogen-bond donors (Lipinski definition) is 0. The first kappa shape index (κ1) is 17.9. The average Bonchev–Trinajstić information content (AvgIpc) is 2.83. The Morgan fingerprint density at radius 1 is 1.04 bits per heavy atom. The lowest BCUT2D eigenvalue weighted by Crippen LogP contribution is -2.03. The highest BCUT2D eigenvalue weighted by atomic mass is 127. The number of benzene rings is 2. The minimum absolute atomic E-state index is 0.370. The molecule has 128 valence electrons. The van der Waals surface area contributed by atoms with Gasteiger partial charge < -0.3 is 9.47 Å². The molecular weight excluding hydrogens is 503 g/mol. The van der Waals surface area contributed by atoms with Crippen LogP contribution < -0.4 is 9.47 Å². The topological polar surface area (TPSA) is 70.4 Å². The Morgan fingerprint density at radius 2 is 1.64 bits per heavy atom. The first-order valence-corrected chi connectivity index (χ1v) is 9.07. The maximum absolute atomic E-state index is 11.1.